The van der Waals surface area contributed by atoms with Crippen molar-refractivity contribution in [2.24, 2.45) is 11.3 Å². The lowest BCUT2D eigenvalue weighted by Crippen LogP contribution is -2.42. The number of nitrogens with one attached hydrogen (secondary N) is 1. The fraction of sp³-hybridized carbons (Fsp3) is 0.667. The van der Waals surface area contributed by atoms with Crippen LogP contribution >= 0.6 is 0 Å². The maximum atomic E-state index is 5.41. The molecule has 0 heterocycles. The van der Waals surface area contributed by atoms with Crippen LogP contribution in [0.5, 0.6) is 5.75 Å². The molecule has 0 saturated heterocycles. The lowest BCUT2D eigenvalue weighted by molar-refractivity contribution is 0.149. The Kier molecular flexibility index (Phi) is 5.09. The van der Waals surface area contributed by atoms with E-state index in [1.54, 1.807) is 7.11 Å². The van der Waals surface area contributed by atoms with Crippen LogP contribution in [0.2, 0.25) is 0 Å². The number of rotatable bonds is 5. The number of hydrogen-bond donors (Lipinski definition) is 1. The summed E-state index contributed by atoms with van der Waals surface area (Å²) in [6.07, 6.45) is 5.01. The topological polar surface area (TPSA) is 21.3 Å². The number of benzene rings is 1. The SMILES string of the molecule is COc1ccccc1CCNC1CCC(C)(C)CC1C. The van der Waals surface area contributed by atoms with Gasteiger partial charge in [-0.05, 0) is 55.2 Å². The summed E-state index contributed by atoms with van der Waals surface area (Å²) in [7, 11) is 1.75. The molecule has 1 aromatic rings. The molecule has 2 atom stereocenters. The highest BCUT2D eigenvalue weighted by Gasteiger charge is 2.31. The Hall–Kier alpha value is -1.02. The number of hydrogen-bond acceptors (Lipinski definition) is 2. The minimum absolute atomic E-state index is 0.528. The zero-order valence-electron chi connectivity index (χ0n) is 13.4. The summed E-state index contributed by atoms with van der Waals surface area (Å²) in [5, 5.41) is 3.75. The van der Waals surface area contributed by atoms with Crippen LogP contribution < -0.4 is 10.1 Å². The third-order valence-corrected chi connectivity index (χ3v) is 4.69. The lowest BCUT2D eigenvalue weighted by atomic mass is 9.70. The monoisotopic (exact) mass is 275 g/mol. The van der Waals surface area contributed by atoms with Crippen LogP contribution in [-0.4, -0.2) is 19.7 Å². The van der Waals surface area contributed by atoms with Crippen LogP contribution in [-0.2, 0) is 6.42 Å². The summed E-state index contributed by atoms with van der Waals surface area (Å²) in [5.74, 6) is 1.78. The quantitative estimate of drug-likeness (QED) is 0.875. The van der Waals surface area contributed by atoms with Crippen molar-refractivity contribution >= 4 is 0 Å². The Morgan fingerprint density at radius 3 is 2.75 bits per heavy atom. The number of methoxy groups -OCH3 is 1. The predicted molar refractivity (Wildman–Crippen MR) is 85.3 cm³/mol. The Balaban J connectivity index is 1.81. The van der Waals surface area contributed by atoms with Gasteiger partial charge in [0, 0.05) is 6.04 Å². The van der Waals surface area contributed by atoms with E-state index in [4.69, 9.17) is 4.74 Å². The molecule has 0 aromatic heterocycles. The molecule has 2 heteroatoms. The highest BCUT2D eigenvalue weighted by Crippen LogP contribution is 2.38. The van der Waals surface area contributed by atoms with E-state index >= 15 is 0 Å². The van der Waals surface area contributed by atoms with Crippen LogP contribution in [0.4, 0.5) is 0 Å². The van der Waals surface area contributed by atoms with Crippen LogP contribution in [0.15, 0.2) is 24.3 Å². The van der Waals surface area contributed by atoms with Gasteiger partial charge in [-0.3, -0.25) is 0 Å². The van der Waals surface area contributed by atoms with Gasteiger partial charge in [0.05, 0.1) is 7.11 Å². The van der Waals surface area contributed by atoms with Crippen LogP contribution in [0, 0.1) is 11.3 Å². The summed E-state index contributed by atoms with van der Waals surface area (Å²) in [6.45, 7) is 8.22. The van der Waals surface area contributed by atoms with Crippen molar-refractivity contribution in [3.63, 3.8) is 0 Å². The minimum atomic E-state index is 0.528. The highest BCUT2D eigenvalue weighted by molar-refractivity contribution is 5.33. The molecule has 1 aliphatic carbocycles. The predicted octanol–water partition coefficient (Wildman–Crippen LogP) is 4.04. The molecule has 1 N–H and O–H groups in total. The molecule has 2 rings (SSSR count). The van der Waals surface area contributed by atoms with Crippen molar-refractivity contribution in [1.29, 1.82) is 0 Å². The number of ether oxygens (including phenoxy) is 1. The Morgan fingerprint density at radius 2 is 2.05 bits per heavy atom. The summed E-state index contributed by atoms with van der Waals surface area (Å²) in [4.78, 5) is 0. The lowest BCUT2D eigenvalue weighted by Gasteiger charge is -2.39. The average Bonchev–Trinajstić information content (AvgIpc) is 2.41. The molecule has 2 unspecified atom stereocenters. The molecule has 0 spiro atoms. The Labute approximate surface area is 123 Å². The second kappa shape index (κ2) is 6.62. The zero-order chi connectivity index (χ0) is 14.6. The van der Waals surface area contributed by atoms with Crippen molar-refractivity contribution in [3.05, 3.63) is 29.8 Å². The van der Waals surface area contributed by atoms with E-state index in [9.17, 15) is 0 Å². The Morgan fingerprint density at radius 1 is 1.30 bits per heavy atom. The molecule has 1 saturated carbocycles. The van der Waals surface area contributed by atoms with E-state index in [1.807, 2.05) is 12.1 Å². The van der Waals surface area contributed by atoms with E-state index < -0.39 is 0 Å². The average molecular weight is 275 g/mol. The normalized spacial score (nSPS) is 25.4. The van der Waals surface area contributed by atoms with E-state index in [0.29, 0.717) is 11.5 Å². The van der Waals surface area contributed by atoms with Crippen LogP contribution in [0.1, 0.15) is 45.6 Å². The van der Waals surface area contributed by atoms with Gasteiger partial charge in [0.1, 0.15) is 5.75 Å². The summed E-state index contributed by atoms with van der Waals surface area (Å²) < 4.78 is 5.41. The molecular formula is C18H29NO. The van der Waals surface area contributed by atoms with E-state index in [-0.39, 0.29) is 0 Å². The zero-order valence-corrected chi connectivity index (χ0v) is 13.4. The minimum Gasteiger partial charge on any atom is -0.496 e. The van der Waals surface area contributed by atoms with Crippen molar-refractivity contribution in [2.45, 2.75) is 52.5 Å². The molecule has 1 aliphatic rings. The van der Waals surface area contributed by atoms with E-state index in [1.165, 1.54) is 24.8 Å². The van der Waals surface area contributed by atoms with Gasteiger partial charge in [-0.1, -0.05) is 39.0 Å². The maximum absolute atomic E-state index is 5.41. The standard InChI is InChI=1S/C18H29NO/c1-14-13-18(2,3)11-9-16(14)19-12-10-15-7-5-6-8-17(15)20-4/h5-8,14,16,19H,9-13H2,1-4H3. The van der Waals surface area contributed by atoms with Gasteiger partial charge >= 0.3 is 0 Å². The van der Waals surface area contributed by atoms with Gasteiger partial charge in [-0.2, -0.15) is 0 Å². The van der Waals surface area contributed by atoms with Crippen molar-refractivity contribution < 1.29 is 4.74 Å². The van der Waals surface area contributed by atoms with Crippen LogP contribution in [0.25, 0.3) is 0 Å². The first-order chi connectivity index (χ1) is 9.52. The fourth-order valence-electron chi connectivity index (χ4n) is 3.55. The fourth-order valence-corrected chi connectivity index (χ4v) is 3.55. The van der Waals surface area contributed by atoms with Gasteiger partial charge in [-0.15, -0.1) is 0 Å². The second-order valence-corrected chi connectivity index (χ2v) is 7.01. The second-order valence-electron chi connectivity index (χ2n) is 7.01. The molecular weight excluding hydrogens is 246 g/mol. The number of para-hydroxylation sites is 1. The molecule has 112 valence electrons. The Bertz CT molecular complexity index is 427. The van der Waals surface area contributed by atoms with Crippen LogP contribution in [0.3, 0.4) is 0 Å². The van der Waals surface area contributed by atoms with E-state index in [0.717, 1.165) is 24.6 Å². The first-order valence-corrected chi connectivity index (χ1v) is 7.87. The summed E-state index contributed by atoms with van der Waals surface area (Å²) in [6, 6.07) is 9.00. The largest absolute Gasteiger partial charge is 0.496 e. The molecule has 1 aromatic carbocycles. The van der Waals surface area contributed by atoms with Gasteiger partial charge in [-0.25, -0.2) is 0 Å². The smallest absolute Gasteiger partial charge is 0.122 e. The third-order valence-electron chi connectivity index (χ3n) is 4.69. The maximum Gasteiger partial charge on any atom is 0.122 e. The molecule has 0 radical (unpaired) electrons. The van der Waals surface area contributed by atoms with Crippen molar-refractivity contribution in [1.82, 2.24) is 5.32 Å². The van der Waals surface area contributed by atoms with Gasteiger partial charge in [0.2, 0.25) is 0 Å². The summed E-state index contributed by atoms with van der Waals surface area (Å²) in [5.41, 5.74) is 1.83. The summed E-state index contributed by atoms with van der Waals surface area (Å²) >= 11 is 0. The molecule has 0 bridgehead atoms. The van der Waals surface area contributed by atoms with Gasteiger partial charge in [0.25, 0.3) is 0 Å². The molecule has 0 amide bonds. The molecule has 20 heavy (non-hydrogen) atoms. The van der Waals surface area contributed by atoms with Crippen molar-refractivity contribution in [3.8, 4) is 5.75 Å². The first kappa shape index (κ1) is 15.4. The van der Waals surface area contributed by atoms with Gasteiger partial charge < -0.3 is 10.1 Å². The first-order valence-electron chi connectivity index (χ1n) is 7.87. The molecule has 2 nitrogen and oxygen atoms in total. The molecule has 0 aliphatic heterocycles. The third kappa shape index (κ3) is 3.99. The van der Waals surface area contributed by atoms with E-state index in [2.05, 4.69) is 38.2 Å². The molecule has 1 fully saturated rings. The highest BCUT2D eigenvalue weighted by atomic mass is 16.5. The van der Waals surface area contributed by atoms with Gasteiger partial charge in [0.15, 0.2) is 0 Å². The van der Waals surface area contributed by atoms with Crippen molar-refractivity contribution in [2.75, 3.05) is 13.7 Å².